The maximum Gasteiger partial charge on any atom is 0.450 e. The molecule has 0 radical (unpaired) electrons. The highest BCUT2D eigenvalue weighted by Crippen LogP contribution is 2.35. The summed E-state index contributed by atoms with van der Waals surface area (Å²) < 4.78 is 79.9. The molecule has 0 atom stereocenters. The van der Waals surface area contributed by atoms with Gasteiger partial charge in [-0.3, -0.25) is 9.36 Å². The number of rotatable bonds is 2. The van der Waals surface area contributed by atoms with Crippen molar-refractivity contribution >= 4 is 5.57 Å². The Labute approximate surface area is 169 Å². The smallest absolute Gasteiger partial charge is 0.268 e. The van der Waals surface area contributed by atoms with Crippen molar-refractivity contribution < 1.29 is 26.3 Å². The van der Waals surface area contributed by atoms with Crippen LogP contribution < -0.4 is 5.56 Å². The molecule has 1 aliphatic carbocycles. The van der Waals surface area contributed by atoms with Gasteiger partial charge in [-0.2, -0.15) is 26.3 Å². The molecule has 0 saturated carbocycles. The second-order valence-electron chi connectivity index (χ2n) is 7.40. The summed E-state index contributed by atoms with van der Waals surface area (Å²) in [5, 5.41) is 0. The lowest BCUT2D eigenvalue weighted by molar-refractivity contribution is -0.147. The summed E-state index contributed by atoms with van der Waals surface area (Å²) in [6.45, 7) is 3.20. The number of halogens is 6. The minimum atomic E-state index is -4.96. The Morgan fingerprint density at radius 2 is 1.47 bits per heavy atom. The van der Waals surface area contributed by atoms with Gasteiger partial charge in [-0.15, -0.1) is 0 Å². The van der Waals surface area contributed by atoms with Gasteiger partial charge < -0.3 is 0 Å². The minimum absolute atomic E-state index is 0.0354. The summed E-state index contributed by atoms with van der Waals surface area (Å²) in [4.78, 5) is 16.9. The van der Waals surface area contributed by atoms with E-state index in [2.05, 4.69) is 4.98 Å². The number of nitrogens with zero attached hydrogens (tertiary/aromatic N) is 2. The van der Waals surface area contributed by atoms with E-state index in [0.29, 0.717) is 28.7 Å². The Bertz CT molecular complexity index is 1030. The molecule has 0 unspecified atom stereocenters. The van der Waals surface area contributed by atoms with E-state index in [4.69, 9.17) is 0 Å². The van der Waals surface area contributed by atoms with Gasteiger partial charge in [0.2, 0.25) is 5.82 Å². The first-order valence-electron chi connectivity index (χ1n) is 9.48. The summed E-state index contributed by atoms with van der Waals surface area (Å²) in [6, 6.07) is 3.01. The Morgan fingerprint density at radius 1 is 0.867 bits per heavy atom. The standard InChI is InChI=1S/C21H20F6N2O/c1-12-6-4-3-5-7-16(12)17-13(2)28-19(21(25,26)27)29(18(17)30)15-10-8-14(9-11-15)20(22,23)24/h8-11H,3-7H2,1-2H3. The van der Waals surface area contributed by atoms with E-state index < -0.39 is 29.3 Å². The zero-order valence-electron chi connectivity index (χ0n) is 16.4. The highest BCUT2D eigenvalue weighted by molar-refractivity contribution is 5.70. The average molecular weight is 430 g/mol. The molecule has 0 N–H and O–H groups in total. The lowest BCUT2D eigenvalue weighted by atomic mass is 9.96. The number of benzene rings is 1. The molecule has 1 aromatic heterocycles. The molecule has 2 aromatic rings. The van der Waals surface area contributed by atoms with E-state index >= 15 is 0 Å². The summed E-state index contributed by atoms with van der Waals surface area (Å²) in [7, 11) is 0. The third-order valence-electron chi connectivity index (χ3n) is 5.27. The molecule has 0 spiro atoms. The summed E-state index contributed by atoms with van der Waals surface area (Å²) in [5.41, 5.74) is -0.596. The van der Waals surface area contributed by atoms with Crippen LogP contribution in [0.5, 0.6) is 0 Å². The lowest BCUT2D eigenvalue weighted by Crippen LogP contribution is -2.32. The lowest BCUT2D eigenvalue weighted by Gasteiger charge is -2.19. The molecule has 30 heavy (non-hydrogen) atoms. The molecular weight excluding hydrogens is 410 g/mol. The van der Waals surface area contributed by atoms with Crippen molar-refractivity contribution in [3.05, 3.63) is 62.8 Å². The molecule has 0 aliphatic heterocycles. The van der Waals surface area contributed by atoms with Crippen molar-refractivity contribution in [2.24, 2.45) is 0 Å². The molecule has 0 saturated heterocycles. The van der Waals surface area contributed by atoms with E-state index in [1.165, 1.54) is 6.92 Å². The first-order valence-corrected chi connectivity index (χ1v) is 9.48. The maximum atomic E-state index is 13.7. The van der Waals surface area contributed by atoms with Gasteiger partial charge in [-0.05, 0) is 69.4 Å². The van der Waals surface area contributed by atoms with Crippen LogP contribution in [0.4, 0.5) is 26.3 Å². The van der Waals surface area contributed by atoms with Crippen molar-refractivity contribution in [1.82, 2.24) is 9.55 Å². The van der Waals surface area contributed by atoms with Gasteiger partial charge in [0, 0.05) is 0 Å². The molecule has 162 valence electrons. The van der Waals surface area contributed by atoms with E-state index in [1.54, 1.807) is 0 Å². The normalized spacial score (nSPS) is 16.0. The topological polar surface area (TPSA) is 34.9 Å². The number of hydrogen-bond acceptors (Lipinski definition) is 2. The summed E-state index contributed by atoms with van der Waals surface area (Å²) in [6.07, 6.45) is -5.66. The third-order valence-corrected chi connectivity index (χ3v) is 5.27. The van der Waals surface area contributed by atoms with Crippen LogP contribution >= 0.6 is 0 Å². The van der Waals surface area contributed by atoms with Crippen molar-refractivity contribution in [3.8, 4) is 5.69 Å². The van der Waals surface area contributed by atoms with Crippen molar-refractivity contribution in [2.45, 2.75) is 58.3 Å². The van der Waals surface area contributed by atoms with Gasteiger partial charge in [-0.25, -0.2) is 4.98 Å². The zero-order chi connectivity index (χ0) is 22.3. The Hall–Kier alpha value is -2.58. The molecule has 1 aliphatic rings. The van der Waals surface area contributed by atoms with Crippen LogP contribution in [0.3, 0.4) is 0 Å². The van der Waals surface area contributed by atoms with Crippen molar-refractivity contribution in [3.63, 3.8) is 0 Å². The van der Waals surface area contributed by atoms with Crippen LogP contribution in [0, 0.1) is 6.92 Å². The second-order valence-corrected chi connectivity index (χ2v) is 7.40. The molecular formula is C21H20F6N2O. The van der Waals surface area contributed by atoms with Crippen LogP contribution in [0.25, 0.3) is 11.3 Å². The van der Waals surface area contributed by atoms with Crippen molar-refractivity contribution in [1.29, 1.82) is 0 Å². The molecule has 9 heteroatoms. The van der Waals surface area contributed by atoms with Crippen molar-refractivity contribution in [2.75, 3.05) is 0 Å². The second kappa shape index (κ2) is 7.92. The number of allylic oxidation sites excluding steroid dienone is 2. The highest BCUT2D eigenvalue weighted by Gasteiger charge is 2.39. The fourth-order valence-electron chi connectivity index (χ4n) is 3.78. The number of alkyl halides is 6. The molecule has 3 nitrogen and oxygen atoms in total. The predicted molar refractivity (Wildman–Crippen MR) is 100 cm³/mol. The maximum absolute atomic E-state index is 13.7. The third kappa shape index (κ3) is 4.29. The van der Waals surface area contributed by atoms with E-state index in [9.17, 15) is 31.1 Å². The van der Waals surface area contributed by atoms with Gasteiger partial charge in [0.1, 0.15) is 0 Å². The Balaban J connectivity index is 2.29. The minimum Gasteiger partial charge on any atom is -0.268 e. The Kier molecular flexibility index (Phi) is 5.84. The van der Waals surface area contributed by atoms with Crippen LogP contribution in [0.15, 0.2) is 34.6 Å². The van der Waals surface area contributed by atoms with Gasteiger partial charge in [0.15, 0.2) is 0 Å². The first kappa shape index (κ1) is 22.1. The van der Waals surface area contributed by atoms with E-state index in [1.807, 2.05) is 6.92 Å². The van der Waals surface area contributed by atoms with E-state index in [0.717, 1.165) is 43.4 Å². The molecule has 0 fully saturated rings. The van der Waals surface area contributed by atoms with Crippen LogP contribution in [0.1, 0.15) is 61.7 Å². The largest absolute Gasteiger partial charge is 0.450 e. The number of aromatic nitrogens is 2. The highest BCUT2D eigenvalue weighted by atomic mass is 19.4. The van der Waals surface area contributed by atoms with E-state index in [-0.39, 0.29) is 16.9 Å². The monoisotopic (exact) mass is 430 g/mol. The van der Waals surface area contributed by atoms with Gasteiger partial charge in [0.25, 0.3) is 5.56 Å². The first-order chi connectivity index (χ1) is 13.9. The number of hydrogen-bond donors (Lipinski definition) is 0. The summed E-state index contributed by atoms with van der Waals surface area (Å²) >= 11 is 0. The molecule has 0 amide bonds. The predicted octanol–water partition coefficient (Wildman–Crippen LogP) is 6.32. The van der Waals surface area contributed by atoms with Gasteiger partial charge in [0.05, 0.1) is 22.5 Å². The van der Waals surface area contributed by atoms with Crippen LogP contribution in [0.2, 0.25) is 0 Å². The number of aryl methyl sites for hydroxylation is 1. The quantitative estimate of drug-likeness (QED) is 0.523. The molecule has 1 heterocycles. The fourth-order valence-corrected chi connectivity index (χ4v) is 3.78. The van der Waals surface area contributed by atoms with Crippen LogP contribution in [-0.2, 0) is 12.4 Å². The molecule has 0 bridgehead atoms. The Morgan fingerprint density at radius 3 is 2.03 bits per heavy atom. The fraction of sp³-hybridized carbons (Fsp3) is 0.429. The zero-order valence-corrected chi connectivity index (χ0v) is 16.4. The molecule has 3 rings (SSSR count). The van der Waals surface area contributed by atoms with Gasteiger partial charge >= 0.3 is 12.4 Å². The van der Waals surface area contributed by atoms with Gasteiger partial charge in [-0.1, -0.05) is 12.0 Å². The van der Waals surface area contributed by atoms with Crippen LogP contribution in [-0.4, -0.2) is 9.55 Å². The average Bonchev–Trinajstić information content (AvgIpc) is 2.85. The molecule has 1 aromatic carbocycles. The summed E-state index contributed by atoms with van der Waals surface area (Å²) in [5.74, 6) is -1.46. The SMILES string of the molecule is CC1=C(c2c(C)nc(C(F)(F)F)n(-c3ccc(C(F)(F)F)cc3)c2=O)CCCCC1.